The molecule has 2 aliphatic rings. The number of hydrogen-bond donors (Lipinski definition) is 0. The van der Waals surface area contributed by atoms with Crippen LogP contribution in [0.25, 0.3) is 11.1 Å². The van der Waals surface area contributed by atoms with Crippen molar-refractivity contribution in [1.29, 1.82) is 0 Å². The molecule has 3 heterocycles. The number of rotatable bonds is 5. The zero-order valence-electron chi connectivity index (χ0n) is 19.3. The predicted molar refractivity (Wildman–Crippen MR) is 131 cm³/mol. The molecule has 0 saturated carbocycles. The fourth-order valence-electron chi connectivity index (χ4n) is 4.89. The summed E-state index contributed by atoms with van der Waals surface area (Å²) in [7, 11) is 0. The Bertz CT molecular complexity index is 1100. The number of halogens is 1. The molecule has 176 valence electrons. The molecule has 7 heteroatoms. The molecule has 2 saturated heterocycles. The summed E-state index contributed by atoms with van der Waals surface area (Å²) in [6, 6.07) is 16.9. The zero-order chi connectivity index (χ0) is 23.3. The molecule has 2 aliphatic heterocycles. The average molecular weight is 460 g/mol. The van der Waals surface area contributed by atoms with Crippen LogP contribution in [0.4, 0.5) is 10.3 Å². The molecule has 0 spiro atoms. The molecular weight excluding hydrogens is 429 g/mol. The van der Waals surface area contributed by atoms with Crippen LogP contribution in [0.15, 0.2) is 67.0 Å². The van der Waals surface area contributed by atoms with Crippen LogP contribution in [0.2, 0.25) is 0 Å². The van der Waals surface area contributed by atoms with E-state index in [9.17, 15) is 9.18 Å². The molecule has 34 heavy (non-hydrogen) atoms. The Morgan fingerprint density at radius 3 is 2.41 bits per heavy atom. The van der Waals surface area contributed by atoms with Gasteiger partial charge in [0.25, 0.3) is 0 Å². The lowest BCUT2D eigenvalue weighted by Gasteiger charge is -2.39. The minimum absolute atomic E-state index is 0.0269. The molecule has 1 aromatic heterocycles. The number of piperidine rings is 1. The molecular formula is C27H30FN5O. The van der Waals surface area contributed by atoms with Crippen molar-refractivity contribution >= 4 is 11.9 Å². The minimum Gasteiger partial charge on any atom is -0.340 e. The SMILES string of the molecule is O=C([C@@H]1CCCN(c2ncc(-c3cccc(F)c3)cn2)C1)N1CCN(Cc2ccccc2)CC1. The average Bonchev–Trinajstić information content (AvgIpc) is 2.89. The summed E-state index contributed by atoms with van der Waals surface area (Å²) in [5.41, 5.74) is 2.85. The molecule has 5 rings (SSSR count). The van der Waals surface area contributed by atoms with Gasteiger partial charge in [0, 0.05) is 63.8 Å². The summed E-state index contributed by atoms with van der Waals surface area (Å²) in [6.07, 6.45) is 5.31. The second-order valence-corrected chi connectivity index (χ2v) is 9.15. The van der Waals surface area contributed by atoms with Crippen LogP contribution >= 0.6 is 0 Å². The van der Waals surface area contributed by atoms with Gasteiger partial charge in [-0.3, -0.25) is 9.69 Å². The number of aromatic nitrogens is 2. The Morgan fingerprint density at radius 2 is 1.68 bits per heavy atom. The van der Waals surface area contributed by atoms with E-state index in [2.05, 4.69) is 44.0 Å². The van der Waals surface area contributed by atoms with Gasteiger partial charge in [-0.2, -0.15) is 0 Å². The van der Waals surface area contributed by atoms with Crippen LogP contribution in [0.3, 0.4) is 0 Å². The van der Waals surface area contributed by atoms with Gasteiger partial charge in [0.05, 0.1) is 5.92 Å². The largest absolute Gasteiger partial charge is 0.340 e. The van der Waals surface area contributed by atoms with E-state index in [0.29, 0.717) is 12.5 Å². The van der Waals surface area contributed by atoms with Crippen LogP contribution in [0, 0.1) is 11.7 Å². The highest BCUT2D eigenvalue weighted by atomic mass is 19.1. The van der Waals surface area contributed by atoms with Gasteiger partial charge in [0.15, 0.2) is 0 Å². The van der Waals surface area contributed by atoms with Gasteiger partial charge < -0.3 is 9.80 Å². The summed E-state index contributed by atoms with van der Waals surface area (Å²) in [5, 5.41) is 0. The van der Waals surface area contributed by atoms with Crippen molar-refractivity contribution in [3.8, 4) is 11.1 Å². The lowest BCUT2D eigenvalue weighted by molar-refractivity contribution is -0.137. The number of benzene rings is 2. The summed E-state index contributed by atoms with van der Waals surface area (Å²) in [4.78, 5) is 28.9. The van der Waals surface area contributed by atoms with E-state index in [4.69, 9.17) is 0 Å². The zero-order valence-corrected chi connectivity index (χ0v) is 19.3. The van der Waals surface area contributed by atoms with Crippen LogP contribution in [0.5, 0.6) is 0 Å². The molecule has 0 unspecified atom stereocenters. The highest BCUT2D eigenvalue weighted by Crippen LogP contribution is 2.25. The number of hydrogen-bond acceptors (Lipinski definition) is 5. The summed E-state index contributed by atoms with van der Waals surface area (Å²) in [6.45, 7) is 5.78. The van der Waals surface area contributed by atoms with Crippen molar-refractivity contribution in [2.24, 2.45) is 5.92 Å². The second-order valence-electron chi connectivity index (χ2n) is 9.15. The van der Waals surface area contributed by atoms with E-state index in [1.165, 1.54) is 17.7 Å². The topological polar surface area (TPSA) is 52.6 Å². The van der Waals surface area contributed by atoms with Crippen LogP contribution in [-0.2, 0) is 11.3 Å². The van der Waals surface area contributed by atoms with E-state index < -0.39 is 0 Å². The second kappa shape index (κ2) is 10.3. The minimum atomic E-state index is -0.278. The monoisotopic (exact) mass is 459 g/mol. The number of carbonyl (C=O) groups excluding carboxylic acids is 1. The van der Waals surface area contributed by atoms with Gasteiger partial charge in [-0.25, -0.2) is 14.4 Å². The molecule has 0 N–H and O–H groups in total. The number of anilines is 1. The highest BCUT2D eigenvalue weighted by Gasteiger charge is 2.31. The first-order valence-electron chi connectivity index (χ1n) is 12.0. The fourth-order valence-corrected chi connectivity index (χ4v) is 4.89. The first-order valence-corrected chi connectivity index (χ1v) is 12.0. The number of amides is 1. The predicted octanol–water partition coefficient (Wildman–Crippen LogP) is 3.84. The van der Waals surface area contributed by atoms with Crippen molar-refractivity contribution in [2.45, 2.75) is 19.4 Å². The summed E-state index contributed by atoms with van der Waals surface area (Å²) >= 11 is 0. The smallest absolute Gasteiger partial charge is 0.227 e. The molecule has 0 radical (unpaired) electrons. The van der Waals surface area contributed by atoms with Gasteiger partial charge in [0.1, 0.15) is 5.82 Å². The van der Waals surface area contributed by atoms with Crippen LogP contribution < -0.4 is 4.90 Å². The molecule has 0 aliphatic carbocycles. The molecule has 2 aromatic carbocycles. The Morgan fingerprint density at radius 1 is 0.912 bits per heavy atom. The Kier molecular flexibility index (Phi) is 6.81. The third kappa shape index (κ3) is 5.25. The molecule has 1 atom stereocenters. The molecule has 1 amide bonds. The maximum Gasteiger partial charge on any atom is 0.227 e. The van der Waals surface area contributed by atoms with Crippen molar-refractivity contribution in [3.05, 3.63) is 78.4 Å². The molecule has 3 aromatic rings. The normalized spacial score (nSPS) is 19.3. The van der Waals surface area contributed by atoms with Gasteiger partial charge in [-0.05, 0) is 36.1 Å². The van der Waals surface area contributed by atoms with Gasteiger partial charge >= 0.3 is 0 Å². The lowest BCUT2D eigenvalue weighted by Crippen LogP contribution is -2.52. The first kappa shape index (κ1) is 22.5. The van der Waals surface area contributed by atoms with Crippen molar-refractivity contribution in [1.82, 2.24) is 19.8 Å². The summed E-state index contributed by atoms with van der Waals surface area (Å²) < 4.78 is 13.5. The molecule has 2 fully saturated rings. The van der Waals surface area contributed by atoms with Gasteiger partial charge in [-0.1, -0.05) is 42.5 Å². The third-order valence-corrected chi connectivity index (χ3v) is 6.78. The van der Waals surface area contributed by atoms with Gasteiger partial charge in [-0.15, -0.1) is 0 Å². The fraction of sp³-hybridized carbons (Fsp3) is 0.370. The van der Waals surface area contributed by atoms with Crippen LogP contribution in [0.1, 0.15) is 18.4 Å². The van der Waals surface area contributed by atoms with E-state index in [0.717, 1.165) is 63.2 Å². The first-order chi connectivity index (χ1) is 16.7. The van der Waals surface area contributed by atoms with Crippen molar-refractivity contribution < 1.29 is 9.18 Å². The third-order valence-electron chi connectivity index (χ3n) is 6.78. The number of nitrogens with zero attached hydrogens (tertiary/aromatic N) is 5. The standard InChI is InChI=1S/C27H30FN5O/c28-25-10-4-8-22(16-25)24-17-29-27(30-18-24)33-11-5-9-23(20-33)26(34)32-14-12-31(13-15-32)19-21-6-2-1-3-7-21/h1-4,6-8,10,16-18,23H,5,9,11-15,19-20H2/t23-/m1/s1. The van der Waals surface area contributed by atoms with E-state index in [-0.39, 0.29) is 17.6 Å². The Hall–Kier alpha value is -3.32. The lowest BCUT2D eigenvalue weighted by atomic mass is 9.96. The van der Waals surface area contributed by atoms with E-state index in [1.807, 2.05) is 17.0 Å². The van der Waals surface area contributed by atoms with Crippen molar-refractivity contribution in [2.75, 3.05) is 44.2 Å². The van der Waals surface area contributed by atoms with E-state index in [1.54, 1.807) is 18.5 Å². The Balaban J connectivity index is 1.16. The maximum absolute atomic E-state index is 13.5. The molecule has 0 bridgehead atoms. The molecule has 6 nitrogen and oxygen atoms in total. The quantitative estimate of drug-likeness (QED) is 0.580. The maximum atomic E-state index is 13.5. The highest BCUT2D eigenvalue weighted by molar-refractivity contribution is 5.80. The van der Waals surface area contributed by atoms with Crippen molar-refractivity contribution in [3.63, 3.8) is 0 Å². The number of carbonyl (C=O) groups is 1. The van der Waals surface area contributed by atoms with E-state index >= 15 is 0 Å². The Labute approximate surface area is 200 Å². The van der Waals surface area contributed by atoms with Crippen LogP contribution in [-0.4, -0.2) is 64.9 Å². The number of piperazine rings is 1. The van der Waals surface area contributed by atoms with Gasteiger partial charge in [0.2, 0.25) is 11.9 Å². The summed E-state index contributed by atoms with van der Waals surface area (Å²) in [5.74, 6) is 0.576.